The Balaban J connectivity index is 2.12. The predicted molar refractivity (Wildman–Crippen MR) is 79.9 cm³/mol. The Kier molecular flexibility index (Phi) is 4.68. The van der Waals surface area contributed by atoms with Gasteiger partial charge in [0.25, 0.3) is 15.0 Å². The van der Waals surface area contributed by atoms with Gasteiger partial charge in [-0.2, -0.15) is 0 Å². The predicted octanol–water partition coefficient (Wildman–Crippen LogP) is 3.02. The Morgan fingerprint density at radius 1 is 1.38 bits per heavy atom. The molecule has 2 heterocycles. The zero-order valence-corrected chi connectivity index (χ0v) is 14.0. The number of carbonyl (C=O) groups is 1. The molecule has 1 aromatic rings. The van der Waals surface area contributed by atoms with E-state index < -0.39 is 9.05 Å². The van der Waals surface area contributed by atoms with E-state index in [1.54, 1.807) is 4.90 Å². The number of halogens is 1. The molecule has 0 unspecified atom stereocenters. The summed E-state index contributed by atoms with van der Waals surface area (Å²) < 4.78 is 28.0. The van der Waals surface area contributed by atoms with Gasteiger partial charge in [0.15, 0.2) is 5.76 Å². The zero-order valence-electron chi connectivity index (χ0n) is 12.4. The van der Waals surface area contributed by atoms with Crippen molar-refractivity contribution in [1.29, 1.82) is 0 Å². The first-order valence-electron chi connectivity index (χ1n) is 7.04. The molecule has 0 aromatic carbocycles. The molecule has 1 aliphatic rings. The Morgan fingerprint density at radius 2 is 1.95 bits per heavy atom. The van der Waals surface area contributed by atoms with Gasteiger partial charge in [-0.25, -0.2) is 8.42 Å². The van der Waals surface area contributed by atoms with Crippen molar-refractivity contribution in [3.05, 3.63) is 17.6 Å². The summed E-state index contributed by atoms with van der Waals surface area (Å²) in [6.45, 7) is 7.21. The van der Waals surface area contributed by atoms with Gasteiger partial charge in [-0.15, -0.1) is 0 Å². The van der Waals surface area contributed by atoms with E-state index in [0.717, 1.165) is 12.8 Å². The van der Waals surface area contributed by atoms with Gasteiger partial charge in [0, 0.05) is 29.8 Å². The van der Waals surface area contributed by atoms with Crippen LogP contribution in [0.5, 0.6) is 0 Å². The number of carbonyl (C=O) groups excluding carboxylic acids is 1. The van der Waals surface area contributed by atoms with Gasteiger partial charge in [-0.05, 0) is 31.6 Å². The van der Waals surface area contributed by atoms with Crippen LogP contribution in [0.1, 0.15) is 43.0 Å². The van der Waals surface area contributed by atoms with Crippen LogP contribution in [0.25, 0.3) is 0 Å². The standard InChI is InChI=1S/C14H20ClNO4S/c1-9(2)11-4-6-16(7-5-11)14(17)12-8-13(10(3)20-12)21(15,18)19/h8-9,11H,4-7H2,1-3H3. The minimum atomic E-state index is -3.89. The van der Waals surface area contributed by atoms with E-state index in [2.05, 4.69) is 13.8 Å². The number of furan rings is 1. The van der Waals surface area contributed by atoms with Crippen LogP contribution in [0.15, 0.2) is 15.4 Å². The number of aryl methyl sites for hydroxylation is 1. The normalized spacial score (nSPS) is 17.5. The van der Waals surface area contributed by atoms with E-state index in [9.17, 15) is 13.2 Å². The molecule has 0 atom stereocenters. The monoisotopic (exact) mass is 333 g/mol. The van der Waals surface area contributed by atoms with Crippen LogP contribution in [-0.4, -0.2) is 32.3 Å². The van der Waals surface area contributed by atoms with Crippen molar-refractivity contribution < 1.29 is 17.6 Å². The Hall–Kier alpha value is -1.01. The number of nitrogens with zero attached hydrogens (tertiary/aromatic N) is 1. The fourth-order valence-electron chi connectivity index (χ4n) is 2.74. The van der Waals surface area contributed by atoms with Crippen molar-refractivity contribution in [2.75, 3.05) is 13.1 Å². The lowest BCUT2D eigenvalue weighted by molar-refractivity contribution is 0.0634. The van der Waals surface area contributed by atoms with E-state index in [1.807, 2.05) is 0 Å². The summed E-state index contributed by atoms with van der Waals surface area (Å²) in [5.41, 5.74) is 0. The summed E-state index contributed by atoms with van der Waals surface area (Å²) in [7, 11) is 1.42. The molecule has 118 valence electrons. The highest BCUT2D eigenvalue weighted by atomic mass is 35.7. The van der Waals surface area contributed by atoms with Crippen molar-refractivity contribution in [1.82, 2.24) is 4.90 Å². The lowest BCUT2D eigenvalue weighted by atomic mass is 9.87. The van der Waals surface area contributed by atoms with Crippen LogP contribution in [-0.2, 0) is 9.05 Å². The molecular formula is C14H20ClNO4S. The lowest BCUT2D eigenvalue weighted by Crippen LogP contribution is -2.39. The van der Waals surface area contributed by atoms with Crippen LogP contribution >= 0.6 is 10.7 Å². The molecule has 1 aromatic heterocycles. The summed E-state index contributed by atoms with van der Waals surface area (Å²) in [6.07, 6.45) is 1.92. The molecule has 0 spiro atoms. The quantitative estimate of drug-likeness (QED) is 0.797. The number of likely N-dealkylation sites (tertiary alicyclic amines) is 1. The van der Waals surface area contributed by atoms with Gasteiger partial charge < -0.3 is 9.32 Å². The maximum atomic E-state index is 12.4. The SMILES string of the molecule is Cc1oc(C(=O)N2CCC(C(C)C)CC2)cc1S(=O)(=O)Cl. The zero-order chi connectivity index (χ0) is 15.8. The van der Waals surface area contributed by atoms with Crippen LogP contribution < -0.4 is 0 Å². The van der Waals surface area contributed by atoms with Gasteiger partial charge in [0.2, 0.25) is 0 Å². The summed E-state index contributed by atoms with van der Waals surface area (Å²) in [4.78, 5) is 13.9. The smallest absolute Gasteiger partial charge is 0.289 e. The minimum Gasteiger partial charge on any atom is -0.455 e. The molecule has 1 aliphatic heterocycles. The number of hydrogen-bond donors (Lipinski definition) is 0. The number of amides is 1. The van der Waals surface area contributed by atoms with Gasteiger partial charge in [-0.3, -0.25) is 4.79 Å². The maximum absolute atomic E-state index is 12.4. The van der Waals surface area contributed by atoms with Crippen molar-refractivity contribution in [3.63, 3.8) is 0 Å². The molecule has 0 N–H and O–H groups in total. The van der Waals surface area contributed by atoms with Gasteiger partial charge in [-0.1, -0.05) is 13.8 Å². The molecule has 5 nitrogen and oxygen atoms in total. The summed E-state index contributed by atoms with van der Waals surface area (Å²) >= 11 is 0. The highest BCUT2D eigenvalue weighted by Gasteiger charge is 2.29. The second kappa shape index (κ2) is 6.01. The topological polar surface area (TPSA) is 67.6 Å². The van der Waals surface area contributed by atoms with Crippen molar-refractivity contribution in [2.45, 2.75) is 38.5 Å². The van der Waals surface area contributed by atoms with Crippen LogP contribution in [0.4, 0.5) is 0 Å². The third-order valence-electron chi connectivity index (χ3n) is 4.12. The second-order valence-electron chi connectivity index (χ2n) is 5.84. The molecule has 0 radical (unpaired) electrons. The van der Waals surface area contributed by atoms with E-state index in [-0.39, 0.29) is 22.3 Å². The largest absolute Gasteiger partial charge is 0.455 e. The van der Waals surface area contributed by atoms with Crippen molar-refractivity contribution in [2.24, 2.45) is 11.8 Å². The van der Waals surface area contributed by atoms with Crippen molar-refractivity contribution >= 4 is 25.6 Å². The molecular weight excluding hydrogens is 314 g/mol. The van der Waals surface area contributed by atoms with Gasteiger partial charge in [0.05, 0.1) is 0 Å². The molecule has 1 fully saturated rings. The number of piperidine rings is 1. The lowest BCUT2D eigenvalue weighted by Gasteiger charge is -2.33. The molecule has 7 heteroatoms. The maximum Gasteiger partial charge on any atom is 0.289 e. The Bertz CT molecular complexity index is 627. The second-order valence-corrected chi connectivity index (χ2v) is 8.38. The first kappa shape index (κ1) is 16.4. The molecule has 0 saturated carbocycles. The fraction of sp³-hybridized carbons (Fsp3) is 0.643. The van der Waals surface area contributed by atoms with E-state index in [1.165, 1.54) is 13.0 Å². The van der Waals surface area contributed by atoms with E-state index >= 15 is 0 Å². The summed E-state index contributed by atoms with van der Waals surface area (Å²) in [5, 5.41) is 0. The molecule has 2 rings (SSSR count). The first-order valence-corrected chi connectivity index (χ1v) is 9.35. The molecule has 0 bridgehead atoms. The average Bonchev–Trinajstić information content (AvgIpc) is 2.80. The van der Waals surface area contributed by atoms with E-state index in [0.29, 0.717) is 24.9 Å². The van der Waals surface area contributed by atoms with Crippen LogP contribution in [0.3, 0.4) is 0 Å². The third-order valence-corrected chi connectivity index (χ3v) is 5.54. The number of hydrogen-bond acceptors (Lipinski definition) is 4. The van der Waals surface area contributed by atoms with Gasteiger partial charge >= 0.3 is 0 Å². The molecule has 21 heavy (non-hydrogen) atoms. The molecule has 1 amide bonds. The Labute approximate surface area is 129 Å². The number of rotatable bonds is 3. The van der Waals surface area contributed by atoms with Crippen LogP contribution in [0.2, 0.25) is 0 Å². The summed E-state index contributed by atoms with van der Waals surface area (Å²) in [5.74, 6) is 1.15. The highest BCUT2D eigenvalue weighted by molar-refractivity contribution is 8.13. The summed E-state index contributed by atoms with van der Waals surface area (Å²) in [6, 6.07) is 1.22. The van der Waals surface area contributed by atoms with Gasteiger partial charge in [0.1, 0.15) is 10.7 Å². The Morgan fingerprint density at radius 3 is 2.38 bits per heavy atom. The third kappa shape index (κ3) is 3.61. The van der Waals surface area contributed by atoms with Crippen LogP contribution in [0, 0.1) is 18.8 Å². The molecule has 1 saturated heterocycles. The van der Waals surface area contributed by atoms with E-state index in [4.69, 9.17) is 15.1 Å². The van der Waals surface area contributed by atoms with Crippen molar-refractivity contribution in [3.8, 4) is 0 Å². The highest BCUT2D eigenvalue weighted by Crippen LogP contribution is 2.28. The molecule has 0 aliphatic carbocycles. The fourth-order valence-corrected chi connectivity index (χ4v) is 3.83. The first-order chi connectivity index (χ1) is 9.70. The minimum absolute atomic E-state index is 0.0368. The average molecular weight is 334 g/mol.